The third-order valence-corrected chi connectivity index (χ3v) is 5.13. The van der Waals surface area contributed by atoms with Gasteiger partial charge in [-0.2, -0.15) is 0 Å². The first kappa shape index (κ1) is 18.1. The van der Waals surface area contributed by atoms with Crippen LogP contribution in [0.1, 0.15) is 30.9 Å². The minimum atomic E-state index is -2.32. The second-order valence-corrected chi connectivity index (χ2v) is 6.86. The molecule has 6 heteroatoms. The smallest absolute Gasteiger partial charge is 0.251 e. The van der Waals surface area contributed by atoms with Crippen LogP contribution in [-0.4, -0.2) is 61.0 Å². The Morgan fingerprint density at radius 3 is 2.96 bits per heavy atom. The van der Waals surface area contributed by atoms with Gasteiger partial charge in [0, 0.05) is 25.7 Å². The Balaban J connectivity index is 1.60. The number of fused-ring (bicyclic) bond motifs is 1. The van der Waals surface area contributed by atoms with Crippen LogP contribution in [0.2, 0.25) is 0 Å². The van der Waals surface area contributed by atoms with E-state index in [2.05, 4.69) is 6.07 Å². The molecule has 0 bridgehead atoms. The van der Waals surface area contributed by atoms with E-state index >= 15 is 0 Å². The van der Waals surface area contributed by atoms with Crippen molar-refractivity contribution in [2.24, 2.45) is 0 Å². The molecule has 1 unspecified atom stereocenters. The number of rotatable bonds is 5. The highest BCUT2D eigenvalue weighted by Gasteiger charge is 2.29. The van der Waals surface area contributed by atoms with E-state index in [0.717, 1.165) is 37.2 Å². The van der Waals surface area contributed by atoms with Crippen LogP contribution in [0, 0.1) is 0 Å². The molecule has 4 nitrogen and oxygen atoms in total. The third-order valence-electron chi connectivity index (χ3n) is 5.13. The number of aryl methyl sites for hydroxylation is 1. The first-order valence-electron chi connectivity index (χ1n) is 9.11. The molecule has 1 atom stereocenters. The van der Waals surface area contributed by atoms with Crippen LogP contribution >= 0.6 is 0 Å². The number of carbonyl (C=O) groups excluding carboxylic acids is 1. The first-order chi connectivity index (χ1) is 12.1. The molecule has 1 amide bonds. The van der Waals surface area contributed by atoms with E-state index in [1.807, 2.05) is 28.9 Å². The third kappa shape index (κ3) is 4.48. The number of ether oxygens (including phenoxy) is 1. The Morgan fingerprint density at radius 1 is 1.36 bits per heavy atom. The zero-order chi connectivity index (χ0) is 17.8. The fourth-order valence-electron chi connectivity index (χ4n) is 3.73. The number of piperazine rings is 1. The molecule has 138 valence electrons. The van der Waals surface area contributed by atoms with E-state index in [1.165, 1.54) is 5.56 Å². The van der Waals surface area contributed by atoms with Gasteiger partial charge in [0.05, 0.1) is 19.6 Å². The van der Waals surface area contributed by atoms with Gasteiger partial charge < -0.3 is 9.64 Å². The summed E-state index contributed by atoms with van der Waals surface area (Å²) in [6, 6.07) is 5.99. The summed E-state index contributed by atoms with van der Waals surface area (Å²) in [4.78, 5) is 16.3. The van der Waals surface area contributed by atoms with Crippen molar-refractivity contribution < 1.29 is 18.3 Å². The molecule has 2 aliphatic rings. The number of carbonyl (C=O) groups is 1. The molecule has 2 heterocycles. The molecule has 1 fully saturated rings. The summed E-state index contributed by atoms with van der Waals surface area (Å²) >= 11 is 0. The maximum atomic E-state index is 12.7. The average Bonchev–Trinajstić information content (AvgIpc) is 2.61. The Labute approximate surface area is 147 Å². The molecule has 0 spiro atoms. The van der Waals surface area contributed by atoms with Crippen molar-refractivity contribution >= 4 is 5.91 Å². The van der Waals surface area contributed by atoms with E-state index < -0.39 is 6.43 Å². The summed E-state index contributed by atoms with van der Waals surface area (Å²) in [5.41, 5.74) is 2.17. The molecule has 0 aromatic heterocycles. The lowest BCUT2D eigenvalue weighted by Crippen LogP contribution is -2.55. The van der Waals surface area contributed by atoms with Gasteiger partial charge in [-0.1, -0.05) is 19.1 Å². The molecule has 1 saturated heterocycles. The number of alkyl halides is 2. The summed E-state index contributed by atoms with van der Waals surface area (Å²) in [5, 5.41) is 0. The lowest BCUT2D eigenvalue weighted by molar-refractivity contribution is -0.133. The van der Waals surface area contributed by atoms with Crippen molar-refractivity contribution in [1.82, 2.24) is 9.80 Å². The number of halogens is 2. The van der Waals surface area contributed by atoms with Gasteiger partial charge in [-0.05, 0) is 36.5 Å². The summed E-state index contributed by atoms with van der Waals surface area (Å²) in [6.07, 6.45) is 0.801. The minimum Gasteiger partial charge on any atom is -0.493 e. The molecular formula is C19H26F2N2O2. The van der Waals surface area contributed by atoms with Crippen molar-refractivity contribution in [3.8, 4) is 5.75 Å². The zero-order valence-electron chi connectivity index (χ0n) is 14.7. The molecular weight excluding hydrogens is 326 g/mol. The topological polar surface area (TPSA) is 32.8 Å². The van der Waals surface area contributed by atoms with Crippen LogP contribution in [0.25, 0.3) is 0 Å². The second-order valence-electron chi connectivity index (χ2n) is 6.86. The van der Waals surface area contributed by atoms with Crippen molar-refractivity contribution in [2.75, 3.05) is 32.8 Å². The molecule has 25 heavy (non-hydrogen) atoms. The Kier molecular flexibility index (Phi) is 5.89. The van der Waals surface area contributed by atoms with Gasteiger partial charge in [0.15, 0.2) is 0 Å². The molecule has 1 aromatic rings. The van der Waals surface area contributed by atoms with Gasteiger partial charge in [0.25, 0.3) is 6.43 Å². The highest BCUT2D eigenvalue weighted by molar-refractivity contribution is 5.79. The maximum Gasteiger partial charge on any atom is 0.251 e. The van der Waals surface area contributed by atoms with Gasteiger partial charge >= 0.3 is 0 Å². The minimum absolute atomic E-state index is 0.0173. The Bertz CT molecular complexity index is 609. The van der Waals surface area contributed by atoms with Crippen molar-refractivity contribution in [2.45, 2.75) is 45.1 Å². The second kappa shape index (κ2) is 8.13. The Hall–Kier alpha value is -1.69. The molecule has 0 aliphatic carbocycles. The van der Waals surface area contributed by atoms with E-state index in [-0.39, 0.29) is 18.5 Å². The zero-order valence-corrected chi connectivity index (χ0v) is 14.7. The molecule has 0 N–H and O–H groups in total. The van der Waals surface area contributed by atoms with Gasteiger partial charge in [-0.25, -0.2) is 8.78 Å². The van der Waals surface area contributed by atoms with Crippen molar-refractivity contribution in [3.63, 3.8) is 0 Å². The van der Waals surface area contributed by atoms with Crippen LogP contribution in [-0.2, 0) is 17.6 Å². The Morgan fingerprint density at radius 2 is 2.20 bits per heavy atom. The summed E-state index contributed by atoms with van der Waals surface area (Å²) in [6.45, 7) is 4.12. The van der Waals surface area contributed by atoms with E-state index in [9.17, 15) is 13.6 Å². The number of hydrogen-bond donors (Lipinski definition) is 0. The van der Waals surface area contributed by atoms with Crippen LogP contribution in [0.4, 0.5) is 8.78 Å². The maximum absolute atomic E-state index is 12.7. The normalized spacial score (nSPS) is 21.1. The number of hydrogen-bond acceptors (Lipinski definition) is 3. The summed E-state index contributed by atoms with van der Waals surface area (Å²) in [5.74, 6) is 1.00. The highest BCUT2D eigenvalue weighted by Crippen LogP contribution is 2.26. The lowest BCUT2D eigenvalue weighted by Gasteiger charge is -2.41. The van der Waals surface area contributed by atoms with E-state index in [1.54, 1.807) is 0 Å². The predicted octanol–water partition coefficient (Wildman–Crippen LogP) is 2.74. The number of benzene rings is 1. The molecule has 0 radical (unpaired) electrons. The van der Waals surface area contributed by atoms with E-state index in [4.69, 9.17) is 4.74 Å². The average molecular weight is 352 g/mol. The van der Waals surface area contributed by atoms with Crippen LogP contribution in [0.3, 0.4) is 0 Å². The van der Waals surface area contributed by atoms with E-state index in [0.29, 0.717) is 26.1 Å². The summed E-state index contributed by atoms with van der Waals surface area (Å²) in [7, 11) is 0. The number of amides is 1. The van der Waals surface area contributed by atoms with Gasteiger partial charge in [0.1, 0.15) is 5.75 Å². The molecule has 0 saturated carbocycles. The molecule has 1 aromatic carbocycles. The fourth-order valence-corrected chi connectivity index (χ4v) is 3.73. The monoisotopic (exact) mass is 352 g/mol. The SMILES string of the molecule is CCC1CN(C(=O)Cc2ccc3c(c2)CCCO3)CCN1CC(F)F. The van der Waals surface area contributed by atoms with Crippen LogP contribution in [0.5, 0.6) is 5.75 Å². The molecule has 3 rings (SSSR count). The quantitative estimate of drug-likeness (QED) is 0.817. The van der Waals surface area contributed by atoms with Crippen LogP contribution in [0.15, 0.2) is 18.2 Å². The summed E-state index contributed by atoms with van der Waals surface area (Å²) < 4.78 is 31.0. The van der Waals surface area contributed by atoms with Crippen LogP contribution < -0.4 is 4.74 Å². The van der Waals surface area contributed by atoms with Gasteiger partial charge in [0.2, 0.25) is 5.91 Å². The highest BCUT2D eigenvalue weighted by atomic mass is 19.3. The van der Waals surface area contributed by atoms with Gasteiger partial charge in [-0.15, -0.1) is 0 Å². The van der Waals surface area contributed by atoms with Crippen molar-refractivity contribution in [3.05, 3.63) is 29.3 Å². The first-order valence-corrected chi connectivity index (χ1v) is 9.11. The fraction of sp³-hybridized carbons (Fsp3) is 0.632. The predicted molar refractivity (Wildman–Crippen MR) is 92.2 cm³/mol. The van der Waals surface area contributed by atoms with Crippen molar-refractivity contribution in [1.29, 1.82) is 0 Å². The largest absolute Gasteiger partial charge is 0.493 e. The molecule has 2 aliphatic heterocycles. The standard InChI is InChI=1S/C19H26F2N2O2/c1-2-16-12-23(8-7-22(16)13-18(20)21)19(24)11-14-5-6-17-15(10-14)4-3-9-25-17/h5-6,10,16,18H,2-4,7-9,11-13H2,1H3. The van der Waals surface area contributed by atoms with Gasteiger partial charge in [-0.3, -0.25) is 9.69 Å². The number of nitrogens with zero attached hydrogens (tertiary/aromatic N) is 2. The lowest BCUT2D eigenvalue weighted by atomic mass is 10.0.